The summed E-state index contributed by atoms with van der Waals surface area (Å²) in [6.45, 7) is 1.20. The van der Waals surface area contributed by atoms with E-state index in [0.29, 0.717) is 0 Å². The van der Waals surface area contributed by atoms with Crippen molar-refractivity contribution in [3.8, 4) is 0 Å². The summed E-state index contributed by atoms with van der Waals surface area (Å²) in [6.07, 6.45) is 1.04. The molecule has 0 bridgehead atoms. The molecule has 0 unspecified atom stereocenters. The molecule has 0 N–H and O–H groups in total. The topological polar surface area (TPSA) is 78.9 Å². The number of carbonyl (C=O) groups excluding carboxylic acids is 3. The second-order valence-corrected chi connectivity index (χ2v) is 2.80. The number of methoxy groups -OCH3 is 2. The van der Waals surface area contributed by atoms with Gasteiger partial charge < -0.3 is 14.2 Å². The number of hydrogen-bond acceptors (Lipinski definition) is 6. The summed E-state index contributed by atoms with van der Waals surface area (Å²) in [5, 5.41) is 0. The van der Waals surface area contributed by atoms with Crippen molar-refractivity contribution in [2.75, 3.05) is 14.2 Å². The van der Waals surface area contributed by atoms with E-state index in [1.54, 1.807) is 0 Å². The van der Waals surface area contributed by atoms with Gasteiger partial charge in [0, 0.05) is 6.92 Å². The molecule has 0 atom stereocenters. The molecule has 0 radical (unpaired) electrons. The highest BCUT2D eigenvalue weighted by molar-refractivity contribution is 5.75. The molecule has 0 amide bonds. The van der Waals surface area contributed by atoms with Gasteiger partial charge in [-0.15, -0.1) is 0 Å². The van der Waals surface area contributed by atoms with Crippen LogP contribution < -0.4 is 0 Å². The monoisotopic (exact) mass is 230 g/mol. The van der Waals surface area contributed by atoms with Gasteiger partial charge in [-0.3, -0.25) is 14.4 Å². The Kier molecular flexibility index (Phi) is 6.58. The molecule has 0 aromatic heterocycles. The van der Waals surface area contributed by atoms with Gasteiger partial charge >= 0.3 is 17.9 Å². The van der Waals surface area contributed by atoms with Crippen molar-refractivity contribution in [2.24, 2.45) is 0 Å². The van der Waals surface area contributed by atoms with E-state index < -0.39 is 17.9 Å². The minimum Gasteiger partial charge on any atom is -0.469 e. The predicted molar refractivity (Wildman–Crippen MR) is 53.1 cm³/mol. The first-order valence-electron chi connectivity index (χ1n) is 4.50. The Bertz CT molecular complexity index is 304. The van der Waals surface area contributed by atoms with Crippen LogP contribution in [0, 0.1) is 0 Å². The number of rotatable bonds is 5. The summed E-state index contributed by atoms with van der Waals surface area (Å²) < 4.78 is 13.5. The van der Waals surface area contributed by atoms with Gasteiger partial charge in [0.15, 0.2) is 0 Å². The smallest absolute Gasteiger partial charge is 0.313 e. The molecule has 0 spiro atoms. The minimum atomic E-state index is -0.569. The van der Waals surface area contributed by atoms with Gasteiger partial charge in [-0.05, 0) is 6.08 Å². The summed E-state index contributed by atoms with van der Waals surface area (Å²) in [4.78, 5) is 32.5. The fourth-order valence-corrected chi connectivity index (χ4v) is 0.829. The summed E-state index contributed by atoms with van der Waals surface area (Å²) in [5.41, 5.74) is 0. The van der Waals surface area contributed by atoms with Crippen molar-refractivity contribution in [3.63, 3.8) is 0 Å². The van der Waals surface area contributed by atoms with E-state index in [2.05, 4.69) is 9.47 Å². The van der Waals surface area contributed by atoms with Crippen LogP contribution in [0.15, 0.2) is 11.8 Å². The fraction of sp³-hybridized carbons (Fsp3) is 0.500. The van der Waals surface area contributed by atoms with Gasteiger partial charge in [-0.1, -0.05) is 0 Å². The summed E-state index contributed by atoms with van der Waals surface area (Å²) in [6, 6.07) is 0. The molecule has 0 fully saturated rings. The van der Waals surface area contributed by atoms with E-state index in [4.69, 9.17) is 4.74 Å². The standard InChI is InChI=1S/C10H14O6/c1-7(11)16-8(6-10(13)15-3)4-5-9(12)14-2/h4H,5-6H2,1-3H3/b8-4-. The minimum absolute atomic E-state index is 0.0733. The van der Waals surface area contributed by atoms with Crippen LogP contribution in [-0.2, 0) is 28.6 Å². The highest BCUT2D eigenvalue weighted by atomic mass is 16.5. The van der Waals surface area contributed by atoms with Crippen LogP contribution in [0.25, 0.3) is 0 Å². The maximum Gasteiger partial charge on any atom is 0.313 e. The van der Waals surface area contributed by atoms with Crippen LogP contribution in [0.3, 0.4) is 0 Å². The Morgan fingerprint density at radius 2 is 1.62 bits per heavy atom. The Balaban J connectivity index is 4.46. The van der Waals surface area contributed by atoms with Crippen molar-refractivity contribution < 1.29 is 28.6 Å². The molecular formula is C10H14O6. The van der Waals surface area contributed by atoms with Crippen molar-refractivity contribution >= 4 is 17.9 Å². The van der Waals surface area contributed by atoms with E-state index >= 15 is 0 Å². The first-order chi connectivity index (χ1) is 7.49. The van der Waals surface area contributed by atoms with Gasteiger partial charge in [0.1, 0.15) is 12.2 Å². The Hall–Kier alpha value is -1.85. The van der Waals surface area contributed by atoms with Crippen LogP contribution >= 0.6 is 0 Å². The lowest BCUT2D eigenvalue weighted by Gasteiger charge is -2.05. The highest BCUT2D eigenvalue weighted by Crippen LogP contribution is 2.07. The molecule has 0 saturated heterocycles. The molecule has 0 rings (SSSR count). The molecule has 0 aliphatic rings. The van der Waals surface area contributed by atoms with E-state index in [-0.39, 0.29) is 18.6 Å². The average molecular weight is 230 g/mol. The van der Waals surface area contributed by atoms with Crippen LogP contribution in [0.4, 0.5) is 0 Å². The van der Waals surface area contributed by atoms with Gasteiger partial charge in [0.2, 0.25) is 0 Å². The largest absolute Gasteiger partial charge is 0.469 e. The van der Waals surface area contributed by atoms with Gasteiger partial charge in [-0.25, -0.2) is 0 Å². The molecule has 0 aliphatic heterocycles. The lowest BCUT2D eigenvalue weighted by atomic mass is 10.3. The molecule has 6 nitrogen and oxygen atoms in total. The number of hydrogen-bond donors (Lipinski definition) is 0. The molecule has 0 aromatic carbocycles. The van der Waals surface area contributed by atoms with Crippen molar-refractivity contribution in [1.82, 2.24) is 0 Å². The molecule has 0 saturated carbocycles. The fourth-order valence-electron chi connectivity index (χ4n) is 0.829. The Labute approximate surface area is 93.2 Å². The third-order valence-electron chi connectivity index (χ3n) is 1.55. The molecule has 90 valence electrons. The maximum atomic E-state index is 10.9. The second-order valence-electron chi connectivity index (χ2n) is 2.80. The lowest BCUT2D eigenvalue weighted by molar-refractivity contribution is -0.143. The van der Waals surface area contributed by atoms with Gasteiger partial charge in [-0.2, -0.15) is 0 Å². The van der Waals surface area contributed by atoms with E-state index in [9.17, 15) is 14.4 Å². The first-order valence-corrected chi connectivity index (χ1v) is 4.50. The molecule has 16 heavy (non-hydrogen) atoms. The third-order valence-corrected chi connectivity index (χ3v) is 1.55. The zero-order chi connectivity index (χ0) is 12.6. The van der Waals surface area contributed by atoms with Gasteiger partial charge in [0.25, 0.3) is 0 Å². The van der Waals surface area contributed by atoms with Crippen LogP contribution in [0.2, 0.25) is 0 Å². The SMILES string of the molecule is COC(=O)C/C=C(/CC(=O)OC)OC(C)=O. The summed E-state index contributed by atoms with van der Waals surface area (Å²) in [7, 11) is 2.45. The molecule has 0 aromatic rings. The summed E-state index contributed by atoms with van der Waals surface area (Å²) >= 11 is 0. The van der Waals surface area contributed by atoms with E-state index in [1.165, 1.54) is 27.2 Å². The zero-order valence-corrected chi connectivity index (χ0v) is 9.44. The predicted octanol–water partition coefficient (Wildman–Crippen LogP) is 0.560. The van der Waals surface area contributed by atoms with Crippen molar-refractivity contribution in [2.45, 2.75) is 19.8 Å². The lowest BCUT2D eigenvalue weighted by Crippen LogP contribution is -2.08. The number of carbonyl (C=O) groups is 3. The second kappa shape index (κ2) is 7.44. The molecular weight excluding hydrogens is 216 g/mol. The number of esters is 3. The van der Waals surface area contributed by atoms with Crippen LogP contribution in [0.1, 0.15) is 19.8 Å². The maximum absolute atomic E-state index is 10.9. The third kappa shape index (κ3) is 6.58. The summed E-state index contributed by atoms with van der Waals surface area (Å²) in [5.74, 6) is -1.54. The average Bonchev–Trinajstić information content (AvgIpc) is 2.24. The molecule has 6 heteroatoms. The van der Waals surface area contributed by atoms with Crippen LogP contribution in [0.5, 0.6) is 0 Å². The van der Waals surface area contributed by atoms with E-state index in [0.717, 1.165) is 0 Å². The Morgan fingerprint density at radius 1 is 1.06 bits per heavy atom. The highest BCUT2D eigenvalue weighted by Gasteiger charge is 2.10. The normalized spacial score (nSPS) is 10.6. The first kappa shape index (κ1) is 14.2. The van der Waals surface area contributed by atoms with Crippen LogP contribution in [-0.4, -0.2) is 32.1 Å². The van der Waals surface area contributed by atoms with Crippen molar-refractivity contribution in [3.05, 3.63) is 11.8 Å². The van der Waals surface area contributed by atoms with Crippen molar-refractivity contribution in [1.29, 1.82) is 0 Å². The quantitative estimate of drug-likeness (QED) is 0.390. The molecule has 0 aliphatic carbocycles. The molecule has 0 heterocycles. The van der Waals surface area contributed by atoms with Gasteiger partial charge in [0.05, 0.1) is 20.6 Å². The zero-order valence-electron chi connectivity index (χ0n) is 9.44. The number of ether oxygens (including phenoxy) is 3. The van der Waals surface area contributed by atoms with E-state index in [1.807, 2.05) is 0 Å². The Morgan fingerprint density at radius 3 is 2.06 bits per heavy atom.